The zero-order chi connectivity index (χ0) is 9.97. The molecule has 76 valence electrons. The Balaban J connectivity index is 2.08. The summed E-state index contributed by atoms with van der Waals surface area (Å²) >= 11 is 5.62. The first kappa shape index (κ1) is 10.4. The van der Waals surface area contributed by atoms with E-state index in [0.717, 1.165) is 0 Å². The Bertz CT molecular complexity index is 321. The third-order valence-electron chi connectivity index (χ3n) is 2.41. The van der Waals surface area contributed by atoms with Gasteiger partial charge in [-0.1, -0.05) is 6.07 Å². The molecule has 2 rings (SSSR count). The first-order valence-electron chi connectivity index (χ1n) is 4.86. The molecule has 0 radical (unpaired) electrons. The first-order valence-corrected chi connectivity index (χ1v) is 6.81. The van der Waals surface area contributed by atoms with Gasteiger partial charge in [-0.25, -0.2) is 0 Å². The number of halogens is 1. The number of hydrogen-bond acceptors (Lipinski definition) is 2. The van der Waals surface area contributed by atoms with Crippen LogP contribution in [0.1, 0.15) is 12.0 Å². The molecular formula is C11H14BrNS. The van der Waals surface area contributed by atoms with E-state index in [-0.39, 0.29) is 0 Å². The average Bonchev–Trinajstić information content (AvgIpc) is 2.62. The van der Waals surface area contributed by atoms with Crippen molar-refractivity contribution >= 4 is 33.4 Å². The third-order valence-corrected chi connectivity index (χ3v) is 4.23. The fourth-order valence-electron chi connectivity index (χ4n) is 1.61. The van der Waals surface area contributed by atoms with Crippen LogP contribution in [0, 0.1) is 6.92 Å². The number of hydrogen-bond donors (Lipinski definition) is 1. The van der Waals surface area contributed by atoms with Crippen LogP contribution in [-0.4, -0.2) is 17.5 Å². The van der Waals surface area contributed by atoms with Gasteiger partial charge in [-0.15, -0.1) is 0 Å². The number of aryl methyl sites for hydroxylation is 1. The van der Waals surface area contributed by atoms with Gasteiger partial charge in [-0.2, -0.15) is 11.8 Å². The van der Waals surface area contributed by atoms with E-state index in [1.54, 1.807) is 0 Å². The van der Waals surface area contributed by atoms with E-state index in [2.05, 4.69) is 46.4 Å². The Morgan fingerprint density at radius 3 is 3.00 bits per heavy atom. The molecule has 0 saturated carbocycles. The van der Waals surface area contributed by atoms with Crippen molar-refractivity contribution in [2.24, 2.45) is 0 Å². The van der Waals surface area contributed by atoms with Crippen molar-refractivity contribution in [3.8, 4) is 0 Å². The number of anilines is 1. The molecule has 1 heterocycles. The molecule has 0 aliphatic carbocycles. The summed E-state index contributed by atoms with van der Waals surface area (Å²) in [7, 11) is 0. The quantitative estimate of drug-likeness (QED) is 0.881. The van der Waals surface area contributed by atoms with Crippen LogP contribution < -0.4 is 5.32 Å². The lowest BCUT2D eigenvalue weighted by Gasteiger charge is -2.14. The van der Waals surface area contributed by atoms with Crippen molar-refractivity contribution in [1.29, 1.82) is 0 Å². The molecule has 1 nitrogen and oxygen atoms in total. The Hall–Kier alpha value is -0.150. The molecule has 1 aromatic rings. The van der Waals surface area contributed by atoms with Crippen LogP contribution in [0.3, 0.4) is 0 Å². The van der Waals surface area contributed by atoms with Crippen molar-refractivity contribution < 1.29 is 0 Å². The summed E-state index contributed by atoms with van der Waals surface area (Å²) in [6, 6.07) is 7.11. The van der Waals surface area contributed by atoms with Crippen LogP contribution in [0.4, 0.5) is 5.69 Å². The van der Waals surface area contributed by atoms with E-state index in [1.807, 2.05) is 11.8 Å². The zero-order valence-electron chi connectivity index (χ0n) is 8.22. The predicted octanol–water partition coefficient (Wildman–Crippen LogP) is 3.67. The smallest absolute Gasteiger partial charge is 0.0487 e. The Labute approximate surface area is 97.8 Å². The number of benzene rings is 1. The number of nitrogens with one attached hydrogen (secondary N) is 1. The largest absolute Gasteiger partial charge is 0.381 e. The van der Waals surface area contributed by atoms with Crippen LogP contribution in [0.25, 0.3) is 0 Å². The second-order valence-electron chi connectivity index (χ2n) is 3.69. The SMILES string of the molecule is Cc1ccc(NC2CCSC2)c(Br)c1. The van der Waals surface area contributed by atoms with Gasteiger partial charge >= 0.3 is 0 Å². The number of rotatable bonds is 2. The van der Waals surface area contributed by atoms with Crippen molar-refractivity contribution in [3.63, 3.8) is 0 Å². The molecule has 1 unspecified atom stereocenters. The summed E-state index contributed by atoms with van der Waals surface area (Å²) in [6.07, 6.45) is 1.28. The van der Waals surface area contributed by atoms with Gasteiger partial charge < -0.3 is 5.32 Å². The van der Waals surface area contributed by atoms with Gasteiger partial charge in [0, 0.05) is 22.0 Å². The molecule has 1 aliphatic rings. The van der Waals surface area contributed by atoms with E-state index in [0.29, 0.717) is 6.04 Å². The van der Waals surface area contributed by atoms with Crippen LogP contribution in [0.2, 0.25) is 0 Å². The summed E-state index contributed by atoms with van der Waals surface area (Å²) in [6.45, 7) is 2.11. The van der Waals surface area contributed by atoms with Crippen molar-refractivity contribution in [3.05, 3.63) is 28.2 Å². The van der Waals surface area contributed by atoms with Crippen molar-refractivity contribution in [1.82, 2.24) is 0 Å². The van der Waals surface area contributed by atoms with Gasteiger partial charge in [0.05, 0.1) is 0 Å². The van der Waals surface area contributed by atoms with E-state index >= 15 is 0 Å². The van der Waals surface area contributed by atoms with E-state index in [4.69, 9.17) is 0 Å². The molecule has 1 fully saturated rings. The van der Waals surface area contributed by atoms with Crippen LogP contribution in [0.5, 0.6) is 0 Å². The highest BCUT2D eigenvalue weighted by Gasteiger charge is 2.15. The first-order chi connectivity index (χ1) is 6.75. The highest BCUT2D eigenvalue weighted by atomic mass is 79.9. The summed E-state index contributed by atoms with van der Waals surface area (Å²) in [5.41, 5.74) is 2.52. The van der Waals surface area contributed by atoms with Crippen LogP contribution in [-0.2, 0) is 0 Å². The van der Waals surface area contributed by atoms with Gasteiger partial charge in [0.1, 0.15) is 0 Å². The maximum atomic E-state index is 3.59. The monoisotopic (exact) mass is 271 g/mol. The normalized spacial score (nSPS) is 21.1. The third kappa shape index (κ3) is 2.45. The van der Waals surface area contributed by atoms with Crippen LogP contribution >= 0.6 is 27.7 Å². The molecule has 1 N–H and O–H groups in total. The molecule has 1 saturated heterocycles. The standard InChI is InChI=1S/C11H14BrNS/c1-8-2-3-11(10(12)6-8)13-9-4-5-14-7-9/h2-3,6,9,13H,4-5,7H2,1H3. The number of thioether (sulfide) groups is 1. The maximum Gasteiger partial charge on any atom is 0.0487 e. The predicted molar refractivity (Wildman–Crippen MR) is 68.2 cm³/mol. The fourth-order valence-corrected chi connectivity index (χ4v) is 3.37. The van der Waals surface area contributed by atoms with Gasteiger partial charge in [0.2, 0.25) is 0 Å². The molecule has 0 bridgehead atoms. The van der Waals surface area contributed by atoms with Gasteiger partial charge in [-0.05, 0) is 52.7 Å². The van der Waals surface area contributed by atoms with Crippen LogP contribution in [0.15, 0.2) is 22.7 Å². The lowest BCUT2D eigenvalue weighted by atomic mass is 10.2. The molecule has 0 aromatic heterocycles. The summed E-state index contributed by atoms with van der Waals surface area (Å²) in [5.74, 6) is 2.53. The summed E-state index contributed by atoms with van der Waals surface area (Å²) in [4.78, 5) is 0. The fraction of sp³-hybridized carbons (Fsp3) is 0.455. The molecule has 0 spiro atoms. The van der Waals surface area contributed by atoms with Gasteiger partial charge in [0.15, 0.2) is 0 Å². The van der Waals surface area contributed by atoms with Gasteiger partial charge in [0.25, 0.3) is 0 Å². The average molecular weight is 272 g/mol. The van der Waals surface area contributed by atoms with E-state index in [1.165, 1.54) is 33.7 Å². The minimum Gasteiger partial charge on any atom is -0.381 e. The molecule has 14 heavy (non-hydrogen) atoms. The van der Waals surface area contributed by atoms with Crippen molar-refractivity contribution in [2.45, 2.75) is 19.4 Å². The molecule has 1 aromatic carbocycles. The Morgan fingerprint density at radius 2 is 2.36 bits per heavy atom. The highest BCUT2D eigenvalue weighted by molar-refractivity contribution is 9.10. The molecule has 3 heteroatoms. The lowest BCUT2D eigenvalue weighted by Crippen LogP contribution is -2.18. The Morgan fingerprint density at radius 1 is 1.50 bits per heavy atom. The second kappa shape index (κ2) is 4.58. The minimum atomic E-state index is 0.652. The van der Waals surface area contributed by atoms with Crippen molar-refractivity contribution in [2.75, 3.05) is 16.8 Å². The second-order valence-corrected chi connectivity index (χ2v) is 5.69. The molecule has 0 amide bonds. The molecule has 1 atom stereocenters. The highest BCUT2D eigenvalue weighted by Crippen LogP contribution is 2.27. The lowest BCUT2D eigenvalue weighted by molar-refractivity contribution is 0.812. The van der Waals surface area contributed by atoms with Gasteiger partial charge in [-0.3, -0.25) is 0 Å². The Kier molecular flexibility index (Phi) is 3.39. The van der Waals surface area contributed by atoms with E-state index < -0.39 is 0 Å². The molecule has 1 aliphatic heterocycles. The maximum absolute atomic E-state index is 3.59. The summed E-state index contributed by atoms with van der Waals surface area (Å²) < 4.78 is 1.18. The zero-order valence-corrected chi connectivity index (χ0v) is 10.6. The topological polar surface area (TPSA) is 12.0 Å². The molecular weight excluding hydrogens is 258 g/mol. The minimum absolute atomic E-state index is 0.652. The van der Waals surface area contributed by atoms with E-state index in [9.17, 15) is 0 Å². The summed E-state index contributed by atoms with van der Waals surface area (Å²) in [5, 5.41) is 3.57.